The maximum absolute atomic E-state index is 12.4. The Morgan fingerprint density at radius 1 is 1.24 bits per heavy atom. The van der Waals surface area contributed by atoms with Gasteiger partial charge in [-0.15, -0.1) is 0 Å². The van der Waals surface area contributed by atoms with Gasteiger partial charge in [0.05, 0.1) is 11.0 Å². The highest BCUT2D eigenvalue weighted by Gasteiger charge is 2.32. The van der Waals surface area contributed by atoms with Crippen LogP contribution >= 0.6 is 0 Å². The Bertz CT molecular complexity index is 307. The van der Waals surface area contributed by atoms with E-state index >= 15 is 0 Å². The van der Waals surface area contributed by atoms with Crippen LogP contribution in [0.15, 0.2) is 0 Å². The van der Waals surface area contributed by atoms with Crippen LogP contribution in [0.2, 0.25) is 0 Å². The molecular weight excluding hydrogens is 234 g/mol. The molecule has 1 aliphatic rings. The van der Waals surface area contributed by atoms with Crippen LogP contribution < -0.4 is 5.73 Å². The van der Waals surface area contributed by atoms with E-state index < -0.39 is 9.84 Å². The molecule has 0 heterocycles. The number of sulfone groups is 1. The fourth-order valence-electron chi connectivity index (χ4n) is 2.97. The molecule has 3 nitrogen and oxygen atoms in total. The highest BCUT2D eigenvalue weighted by molar-refractivity contribution is 7.92. The van der Waals surface area contributed by atoms with E-state index in [-0.39, 0.29) is 11.3 Å². The van der Waals surface area contributed by atoms with E-state index in [2.05, 4.69) is 6.92 Å². The summed E-state index contributed by atoms with van der Waals surface area (Å²) in [5.74, 6) is 0.756. The lowest BCUT2D eigenvalue weighted by molar-refractivity contribution is 0.503. The predicted molar refractivity (Wildman–Crippen MR) is 72.7 cm³/mol. The summed E-state index contributed by atoms with van der Waals surface area (Å²) in [4.78, 5) is 0. The highest BCUT2D eigenvalue weighted by atomic mass is 32.2. The Hall–Kier alpha value is -0.0900. The molecule has 17 heavy (non-hydrogen) atoms. The van der Waals surface area contributed by atoms with Crippen molar-refractivity contribution >= 4 is 9.84 Å². The lowest BCUT2D eigenvalue weighted by Crippen LogP contribution is -2.42. The van der Waals surface area contributed by atoms with Gasteiger partial charge in [-0.3, -0.25) is 0 Å². The van der Waals surface area contributed by atoms with Gasteiger partial charge in [-0.1, -0.05) is 33.1 Å². The summed E-state index contributed by atoms with van der Waals surface area (Å²) >= 11 is 0. The van der Waals surface area contributed by atoms with Gasteiger partial charge in [0.15, 0.2) is 9.84 Å². The molecular formula is C13H27NO2S. The van der Waals surface area contributed by atoms with Gasteiger partial charge in [0.1, 0.15) is 0 Å². The number of hydrogen-bond acceptors (Lipinski definition) is 3. The molecule has 1 saturated carbocycles. The van der Waals surface area contributed by atoms with Crippen molar-refractivity contribution in [2.45, 2.75) is 70.1 Å². The molecule has 0 aromatic heterocycles. The first-order valence-corrected chi connectivity index (χ1v) is 8.70. The summed E-state index contributed by atoms with van der Waals surface area (Å²) in [6, 6.07) is -0.184. The fourth-order valence-corrected chi connectivity index (χ4v) is 5.39. The lowest BCUT2D eigenvalue weighted by atomic mass is 10.1. The first-order chi connectivity index (χ1) is 8.01. The van der Waals surface area contributed by atoms with Crippen molar-refractivity contribution < 1.29 is 8.42 Å². The summed E-state index contributed by atoms with van der Waals surface area (Å²) in [6.07, 6.45) is 6.96. The van der Waals surface area contributed by atoms with Crippen molar-refractivity contribution in [3.63, 3.8) is 0 Å². The molecule has 0 bridgehead atoms. The molecule has 4 heteroatoms. The molecule has 0 aliphatic heterocycles. The standard InChI is InChI=1S/C13H27NO2S/c1-3-7-12(14)13(4-2)17(15,16)10-11-8-5-6-9-11/h11-13H,3-10,14H2,1-2H3. The summed E-state index contributed by atoms with van der Waals surface area (Å²) < 4.78 is 24.7. The number of rotatable bonds is 7. The van der Waals surface area contributed by atoms with Crippen LogP contribution in [0.5, 0.6) is 0 Å². The third-order valence-corrected chi connectivity index (χ3v) is 6.45. The van der Waals surface area contributed by atoms with E-state index in [0.717, 1.165) is 25.7 Å². The molecule has 2 atom stereocenters. The maximum Gasteiger partial charge on any atom is 0.154 e. The second kappa shape index (κ2) is 6.74. The molecule has 0 amide bonds. The Morgan fingerprint density at radius 2 is 1.82 bits per heavy atom. The first kappa shape index (κ1) is 15.0. The van der Waals surface area contributed by atoms with E-state index in [9.17, 15) is 8.42 Å². The van der Waals surface area contributed by atoms with Gasteiger partial charge in [-0.2, -0.15) is 0 Å². The number of nitrogens with two attached hydrogens (primary N) is 1. The minimum Gasteiger partial charge on any atom is -0.327 e. The fraction of sp³-hybridized carbons (Fsp3) is 1.00. The summed E-state index contributed by atoms with van der Waals surface area (Å²) in [6.45, 7) is 3.99. The molecule has 0 aromatic carbocycles. The van der Waals surface area contributed by atoms with Gasteiger partial charge >= 0.3 is 0 Å². The molecule has 0 aromatic rings. The third kappa shape index (κ3) is 4.25. The molecule has 2 unspecified atom stereocenters. The Kier molecular flexibility index (Phi) is 5.93. The third-order valence-electron chi connectivity index (χ3n) is 3.91. The minimum absolute atomic E-state index is 0.184. The van der Waals surface area contributed by atoms with Crippen LogP contribution in [0, 0.1) is 5.92 Å². The molecule has 1 rings (SSSR count). The molecule has 2 N–H and O–H groups in total. The van der Waals surface area contributed by atoms with Crippen molar-refractivity contribution in [3.05, 3.63) is 0 Å². The molecule has 0 radical (unpaired) electrons. The smallest absolute Gasteiger partial charge is 0.154 e. The number of hydrogen-bond donors (Lipinski definition) is 1. The van der Waals surface area contributed by atoms with Crippen LogP contribution in [0.3, 0.4) is 0 Å². The van der Waals surface area contributed by atoms with Crippen LogP contribution in [0.1, 0.15) is 58.8 Å². The van der Waals surface area contributed by atoms with Gasteiger partial charge in [-0.05, 0) is 31.6 Å². The second-order valence-corrected chi connectivity index (χ2v) is 7.64. The van der Waals surface area contributed by atoms with Crippen molar-refractivity contribution in [1.82, 2.24) is 0 Å². The van der Waals surface area contributed by atoms with Gasteiger partial charge in [-0.25, -0.2) is 8.42 Å². The Labute approximate surface area is 106 Å². The summed E-state index contributed by atoms with van der Waals surface area (Å²) in [7, 11) is -3.00. The molecule has 1 aliphatic carbocycles. The van der Waals surface area contributed by atoms with E-state index in [0.29, 0.717) is 18.1 Å². The van der Waals surface area contributed by atoms with E-state index in [1.165, 1.54) is 12.8 Å². The molecule has 0 saturated heterocycles. The van der Waals surface area contributed by atoms with E-state index in [1.807, 2.05) is 6.92 Å². The van der Waals surface area contributed by atoms with Gasteiger partial charge in [0.2, 0.25) is 0 Å². The quantitative estimate of drug-likeness (QED) is 0.766. The van der Waals surface area contributed by atoms with Crippen molar-refractivity contribution in [1.29, 1.82) is 0 Å². The first-order valence-electron chi connectivity index (χ1n) is 6.98. The molecule has 1 fully saturated rings. The van der Waals surface area contributed by atoms with Crippen molar-refractivity contribution in [3.8, 4) is 0 Å². The van der Waals surface area contributed by atoms with Crippen LogP contribution in [0.25, 0.3) is 0 Å². The van der Waals surface area contributed by atoms with Crippen LogP contribution in [-0.2, 0) is 9.84 Å². The zero-order valence-electron chi connectivity index (χ0n) is 11.2. The molecule has 0 spiro atoms. The van der Waals surface area contributed by atoms with Crippen LogP contribution in [-0.4, -0.2) is 25.5 Å². The average Bonchev–Trinajstić information content (AvgIpc) is 2.70. The van der Waals surface area contributed by atoms with E-state index in [1.54, 1.807) is 0 Å². The monoisotopic (exact) mass is 261 g/mol. The van der Waals surface area contributed by atoms with Gasteiger partial charge < -0.3 is 5.73 Å². The normalized spacial score (nSPS) is 21.6. The van der Waals surface area contributed by atoms with Crippen molar-refractivity contribution in [2.24, 2.45) is 11.7 Å². The maximum atomic E-state index is 12.4. The zero-order chi connectivity index (χ0) is 12.9. The molecule has 102 valence electrons. The topological polar surface area (TPSA) is 60.2 Å². The van der Waals surface area contributed by atoms with Crippen molar-refractivity contribution in [2.75, 3.05) is 5.75 Å². The minimum atomic E-state index is -3.00. The van der Waals surface area contributed by atoms with Gasteiger partial charge in [0.25, 0.3) is 0 Å². The summed E-state index contributed by atoms with van der Waals surface area (Å²) in [5.41, 5.74) is 6.02. The SMILES string of the molecule is CCCC(N)C(CC)S(=O)(=O)CC1CCCC1. The zero-order valence-corrected chi connectivity index (χ0v) is 12.0. The van der Waals surface area contributed by atoms with Gasteiger partial charge in [0, 0.05) is 6.04 Å². The predicted octanol–water partition coefficient (Wildman–Crippen LogP) is 2.50. The van der Waals surface area contributed by atoms with E-state index in [4.69, 9.17) is 5.73 Å². The summed E-state index contributed by atoms with van der Waals surface area (Å²) in [5, 5.41) is -0.331. The largest absolute Gasteiger partial charge is 0.327 e. The average molecular weight is 261 g/mol. The highest BCUT2D eigenvalue weighted by Crippen LogP contribution is 2.28. The Balaban J connectivity index is 2.64. The Morgan fingerprint density at radius 3 is 2.29 bits per heavy atom. The van der Waals surface area contributed by atoms with Crippen LogP contribution in [0.4, 0.5) is 0 Å². The lowest BCUT2D eigenvalue weighted by Gasteiger charge is -2.24. The second-order valence-electron chi connectivity index (χ2n) is 5.38.